The molecule has 0 spiro atoms. The maximum atomic E-state index is 11.9. The quantitative estimate of drug-likeness (QED) is 0.803. The summed E-state index contributed by atoms with van der Waals surface area (Å²) in [4.78, 5) is -0.00977. The van der Waals surface area contributed by atoms with Crippen LogP contribution >= 0.6 is 0 Å². The van der Waals surface area contributed by atoms with Gasteiger partial charge in [-0.3, -0.25) is 4.68 Å². The van der Waals surface area contributed by atoms with Crippen LogP contribution in [0.3, 0.4) is 0 Å². The molecule has 0 aromatic carbocycles. The van der Waals surface area contributed by atoms with Crippen LogP contribution in [0.25, 0.3) is 0 Å². The van der Waals surface area contributed by atoms with Gasteiger partial charge in [-0.25, -0.2) is 13.1 Å². The van der Waals surface area contributed by atoms with E-state index in [1.165, 1.54) is 10.9 Å². The minimum atomic E-state index is -3.62. The van der Waals surface area contributed by atoms with E-state index in [0.717, 1.165) is 5.76 Å². The first-order valence-corrected chi connectivity index (χ1v) is 6.78. The van der Waals surface area contributed by atoms with Crippen molar-refractivity contribution >= 4 is 15.8 Å². The highest BCUT2D eigenvalue weighted by molar-refractivity contribution is 7.89. The fourth-order valence-electron chi connectivity index (χ4n) is 1.53. The summed E-state index contributed by atoms with van der Waals surface area (Å²) in [5.41, 5.74) is 5.52. The summed E-state index contributed by atoms with van der Waals surface area (Å²) in [6.45, 7) is 0.240. The largest absolute Gasteiger partial charge is 0.469 e. The first-order chi connectivity index (χ1) is 8.49. The minimum absolute atomic E-state index is 0.00977. The third-order valence-electron chi connectivity index (χ3n) is 2.36. The molecule has 0 aliphatic heterocycles. The lowest BCUT2D eigenvalue weighted by atomic mass is 10.3. The van der Waals surface area contributed by atoms with Crippen LogP contribution in [-0.4, -0.2) is 24.7 Å². The van der Waals surface area contributed by atoms with Crippen LogP contribution < -0.4 is 10.5 Å². The summed E-state index contributed by atoms with van der Waals surface area (Å²) in [5.74, 6) is 0.708. The molecule has 2 heterocycles. The van der Waals surface area contributed by atoms with Gasteiger partial charge in [-0.1, -0.05) is 0 Å². The molecule has 0 unspecified atom stereocenters. The molecule has 18 heavy (non-hydrogen) atoms. The van der Waals surface area contributed by atoms with Crippen LogP contribution in [0.2, 0.25) is 0 Å². The molecule has 0 aliphatic carbocycles. The van der Waals surface area contributed by atoms with Crippen molar-refractivity contribution in [3.8, 4) is 0 Å². The lowest BCUT2D eigenvalue weighted by molar-refractivity contribution is 0.506. The van der Waals surface area contributed by atoms with Gasteiger partial charge in [0.25, 0.3) is 0 Å². The van der Waals surface area contributed by atoms with Gasteiger partial charge in [-0.05, 0) is 12.1 Å². The van der Waals surface area contributed by atoms with Crippen LogP contribution in [0.1, 0.15) is 5.76 Å². The molecule has 0 amide bonds. The molecule has 0 fully saturated rings. The summed E-state index contributed by atoms with van der Waals surface area (Å²) < 4.78 is 32.7. The second-order valence-electron chi connectivity index (χ2n) is 3.78. The molecule has 8 heteroatoms. The Morgan fingerprint density at radius 2 is 2.33 bits per heavy atom. The Kier molecular flexibility index (Phi) is 3.39. The molecule has 2 aromatic rings. The zero-order valence-electron chi connectivity index (χ0n) is 9.83. The Hall–Kier alpha value is -1.80. The van der Waals surface area contributed by atoms with Gasteiger partial charge < -0.3 is 10.2 Å². The highest BCUT2D eigenvalue weighted by Crippen LogP contribution is 2.15. The van der Waals surface area contributed by atoms with E-state index in [9.17, 15) is 8.42 Å². The standard InChI is InChI=1S/C10H14N4O3S/c1-14-7-9(10(11)13-14)18(15,16)12-5-4-8-3-2-6-17-8/h2-3,6-7,12H,4-5H2,1H3,(H2,11,13). The molecule has 0 saturated heterocycles. The summed E-state index contributed by atoms with van der Waals surface area (Å²) in [6, 6.07) is 3.54. The van der Waals surface area contributed by atoms with Gasteiger partial charge in [0.1, 0.15) is 10.7 Å². The van der Waals surface area contributed by atoms with Crippen molar-refractivity contribution in [2.75, 3.05) is 12.3 Å². The normalized spacial score (nSPS) is 11.8. The van der Waals surface area contributed by atoms with Crippen LogP contribution in [0.4, 0.5) is 5.82 Å². The highest BCUT2D eigenvalue weighted by atomic mass is 32.2. The van der Waals surface area contributed by atoms with Gasteiger partial charge >= 0.3 is 0 Å². The van der Waals surface area contributed by atoms with Gasteiger partial charge in [-0.15, -0.1) is 0 Å². The molecule has 3 N–H and O–H groups in total. The Morgan fingerprint density at radius 3 is 2.89 bits per heavy atom. The monoisotopic (exact) mass is 270 g/mol. The van der Waals surface area contributed by atoms with Gasteiger partial charge in [0.2, 0.25) is 10.0 Å². The van der Waals surface area contributed by atoms with Crippen molar-refractivity contribution in [3.05, 3.63) is 30.4 Å². The Morgan fingerprint density at radius 1 is 1.56 bits per heavy atom. The number of aromatic nitrogens is 2. The number of sulfonamides is 1. The van der Waals surface area contributed by atoms with Gasteiger partial charge in [0.15, 0.2) is 5.82 Å². The number of nitrogens with two attached hydrogens (primary N) is 1. The van der Waals surface area contributed by atoms with Crippen molar-refractivity contribution in [2.45, 2.75) is 11.3 Å². The van der Waals surface area contributed by atoms with Crippen molar-refractivity contribution in [1.82, 2.24) is 14.5 Å². The van der Waals surface area contributed by atoms with Gasteiger partial charge in [0.05, 0.1) is 6.26 Å². The Bertz CT molecular complexity index is 616. The zero-order valence-corrected chi connectivity index (χ0v) is 10.6. The third kappa shape index (κ3) is 2.71. The third-order valence-corrected chi connectivity index (χ3v) is 3.83. The summed E-state index contributed by atoms with van der Waals surface area (Å²) in [7, 11) is -2.01. The van der Waals surface area contributed by atoms with Crippen molar-refractivity contribution in [1.29, 1.82) is 0 Å². The van der Waals surface area contributed by atoms with Crippen LogP contribution in [0, 0.1) is 0 Å². The number of furan rings is 1. The molecule has 0 radical (unpaired) electrons. The molecule has 7 nitrogen and oxygen atoms in total. The minimum Gasteiger partial charge on any atom is -0.469 e. The Balaban J connectivity index is 2.02. The topological polar surface area (TPSA) is 103 Å². The number of hydrogen-bond donors (Lipinski definition) is 2. The molecule has 0 bridgehead atoms. The summed E-state index contributed by atoms with van der Waals surface area (Å²) >= 11 is 0. The lowest BCUT2D eigenvalue weighted by Gasteiger charge is -2.03. The number of hydrogen-bond acceptors (Lipinski definition) is 5. The molecule has 98 valence electrons. The van der Waals surface area contributed by atoms with Crippen LogP contribution in [0.15, 0.2) is 33.9 Å². The predicted molar refractivity (Wildman–Crippen MR) is 65.2 cm³/mol. The maximum absolute atomic E-state index is 11.9. The molecular formula is C10H14N4O3S. The predicted octanol–water partition coefficient (Wildman–Crippen LogP) is 0.116. The number of nitrogens with zero attached hydrogens (tertiary/aromatic N) is 2. The van der Waals surface area contributed by atoms with E-state index in [1.807, 2.05) is 0 Å². The fourth-order valence-corrected chi connectivity index (χ4v) is 2.67. The number of rotatable bonds is 5. The van der Waals surface area contributed by atoms with Gasteiger partial charge in [0, 0.05) is 26.2 Å². The SMILES string of the molecule is Cn1cc(S(=O)(=O)NCCc2ccco2)c(N)n1. The molecule has 0 atom stereocenters. The van der Waals surface area contributed by atoms with Crippen molar-refractivity contribution < 1.29 is 12.8 Å². The molecule has 2 rings (SSSR count). The van der Waals surface area contributed by atoms with E-state index in [1.54, 1.807) is 25.4 Å². The van der Waals surface area contributed by atoms with E-state index >= 15 is 0 Å². The number of anilines is 1. The number of aryl methyl sites for hydroxylation is 1. The van der Waals surface area contributed by atoms with Crippen molar-refractivity contribution in [2.24, 2.45) is 7.05 Å². The highest BCUT2D eigenvalue weighted by Gasteiger charge is 2.19. The average Bonchev–Trinajstić information content (AvgIpc) is 2.88. The Labute approximate surface area is 105 Å². The van der Waals surface area contributed by atoms with E-state index in [2.05, 4.69) is 9.82 Å². The first-order valence-electron chi connectivity index (χ1n) is 5.30. The van der Waals surface area contributed by atoms with Gasteiger partial charge in [-0.2, -0.15) is 5.10 Å². The van der Waals surface area contributed by atoms with E-state index < -0.39 is 10.0 Å². The zero-order chi connectivity index (χ0) is 13.2. The average molecular weight is 270 g/mol. The second kappa shape index (κ2) is 4.83. The number of nitrogen functional groups attached to an aromatic ring is 1. The molecule has 2 aromatic heterocycles. The van der Waals surface area contributed by atoms with Crippen LogP contribution in [0.5, 0.6) is 0 Å². The summed E-state index contributed by atoms with van der Waals surface area (Å²) in [6.07, 6.45) is 3.39. The molecule has 0 aliphatic rings. The molecule has 0 saturated carbocycles. The smallest absolute Gasteiger partial charge is 0.245 e. The summed E-state index contributed by atoms with van der Waals surface area (Å²) in [5, 5.41) is 3.79. The first kappa shape index (κ1) is 12.7. The van der Waals surface area contributed by atoms with E-state index in [-0.39, 0.29) is 17.3 Å². The van der Waals surface area contributed by atoms with E-state index in [0.29, 0.717) is 6.42 Å². The van der Waals surface area contributed by atoms with E-state index in [4.69, 9.17) is 10.2 Å². The lowest BCUT2D eigenvalue weighted by Crippen LogP contribution is -2.26. The van der Waals surface area contributed by atoms with Crippen molar-refractivity contribution in [3.63, 3.8) is 0 Å². The second-order valence-corrected chi connectivity index (χ2v) is 5.51. The fraction of sp³-hybridized carbons (Fsp3) is 0.300. The maximum Gasteiger partial charge on any atom is 0.245 e. The number of nitrogens with one attached hydrogen (secondary N) is 1. The molecular weight excluding hydrogens is 256 g/mol. The van der Waals surface area contributed by atoms with Crippen LogP contribution in [-0.2, 0) is 23.5 Å².